The van der Waals surface area contributed by atoms with Crippen molar-refractivity contribution in [3.8, 4) is 0 Å². The molecule has 94 valence electrons. The fraction of sp³-hybridized carbons (Fsp3) is 0.400. The predicted octanol–water partition coefficient (Wildman–Crippen LogP) is 2.68. The minimum absolute atomic E-state index is 0.501. The van der Waals surface area contributed by atoms with Gasteiger partial charge in [-0.1, -0.05) is 24.3 Å². The second kappa shape index (κ2) is 4.94. The standard InChI is InChI=1S/C15H19N3/c1-2-18-13(9-10-17-18)11-16-15-8-7-12-5-3-4-6-14(12)15/h3-6,9-10,15-16H,2,7-8,11H2,1H3. The van der Waals surface area contributed by atoms with E-state index >= 15 is 0 Å². The minimum atomic E-state index is 0.501. The van der Waals surface area contributed by atoms with Crippen LogP contribution in [-0.2, 0) is 19.5 Å². The number of hydrogen-bond acceptors (Lipinski definition) is 2. The summed E-state index contributed by atoms with van der Waals surface area (Å²) in [5, 5.41) is 7.95. The van der Waals surface area contributed by atoms with E-state index in [0.29, 0.717) is 6.04 Å². The normalized spacial score (nSPS) is 17.9. The monoisotopic (exact) mass is 241 g/mol. The maximum Gasteiger partial charge on any atom is 0.0522 e. The van der Waals surface area contributed by atoms with E-state index in [-0.39, 0.29) is 0 Å². The molecule has 1 aromatic carbocycles. The van der Waals surface area contributed by atoms with Crippen molar-refractivity contribution in [2.75, 3.05) is 0 Å². The maximum absolute atomic E-state index is 4.30. The lowest BCUT2D eigenvalue weighted by Crippen LogP contribution is -2.20. The molecule has 0 saturated heterocycles. The van der Waals surface area contributed by atoms with Crippen LogP contribution in [0.25, 0.3) is 0 Å². The van der Waals surface area contributed by atoms with Crippen molar-refractivity contribution < 1.29 is 0 Å². The van der Waals surface area contributed by atoms with Gasteiger partial charge >= 0.3 is 0 Å². The Morgan fingerprint density at radius 1 is 1.33 bits per heavy atom. The summed E-state index contributed by atoms with van der Waals surface area (Å²) < 4.78 is 2.05. The zero-order valence-electron chi connectivity index (χ0n) is 10.8. The zero-order valence-corrected chi connectivity index (χ0v) is 10.8. The Morgan fingerprint density at radius 2 is 2.22 bits per heavy atom. The van der Waals surface area contributed by atoms with Crippen molar-refractivity contribution in [1.82, 2.24) is 15.1 Å². The van der Waals surface area contributed by atoms with Crippen LogP contribution >= 0.6 is 0 Å². The molecular formula is C15H19N3. The molecular weight excluding hydrogens is 222 g/mol. The Bertz CT molecular complexity index is 530. The van der Waals surface area contributed by atoms with Crippen molar-refractivity contribution in [2.24, 2.45) is 0 Å². The number of fused-ring (bicyclic) bond motifs is 1. The largest absolute Gasteiger partial charge is 0.304 e. The van der Waals surface area contributed by atoms with Gasteiger partial charge in [0.15, 0.2) is 0 Å². The van der Waals surface area contributed by atoms with E-state index in [4.69, 9.17) is 0 Å². The summed E-state index contributed by atoms with van der Waals surface area (Å²) in [6.07, 6.45) is 4.28. The van der Waals surface area contributed by atoms with Gasteiger partial charge in [0.25, 0.3) is 0 Å². The molecule has 3 heteroatoms. The maximum atomic E-state index is 4.30. The summed E-state index contributed by atoms with van der Waals surface area (Å²) in [6, 6.07) is 11.4. The first-order valence-corrected chi connectivity index (χ1v) is 6.70. The summed E-state index contributed by atoms with van der Waals surface area (Å²) in [5.41, 5.74) is 4.24. The molecule has 1 unspecified atom stereocenters. The average Bonchev–Trinajstić information content (AvgIpc) is 3.02. The minimum Gasteiger partial charge on any atom is -0.304 e. The van der Waals surface area contributed by atoms with Gasteiger partial charge in [-0.25, -0.2) is 0 Å². The number of nitrogens with one attached hydrogen (secondary N) is 1. The molecule has 1 aliphatic carbocycles. The molecule has 1 heterocycles. The number of hydrogen-bond donors (Lipinski definition) is 1. The van der Waals surface area contributed by atoms with Crippen LogP contribution in [0.1, 0.15) is 36.2 Å². The number of aromatic nitrogens is 2. The summed E-state index contributed by atoms with van der Waals surface area (Å²) >= 11 is 0. The highest BCUT2D eigenvalue weighted by atomic mass is 15.3. The predicted molar refractivity (Wildman–Crippen MR) is 72.2 cm³/mol. The SMILES string of the molecule is CCn1nccc1CNC1CCc2ccccc21. The molecule has 0 aliphatic heterocycles. The van der Waals surface area contributed by atoms with Crippen LogP contribution in [-0.4, -0.2) is 9.78 Å². The first-order valence-electron chi connectivity index (χ1n) is 6.70. The van der Waals surface area contributed by atoms with Gasteiger partial charge in [0, 0.05) is 25.3 Å². The van der Waals surface area contributed by atoms with Crippen LogP contribution in [0.5, 0.6) is 0 Å². The van der Waals surface area contributed by atoms with Crippen LogP contribution in [0.15, 0.2) is 36.5 Å². The lowest BCUT2D eigenvalue weighted by atomic mass is 10.1. The second-order valence-corrected chi connectivity index (χ2v) is 4.81. The molecule has 0 radical (unpaired) electrons. The molecule has 1 N–H and O–H groups in total. The molecule has 1 aromatic heterocycles. The van der Waals surface area contributed by atoms with E-state index in [9.17, 15) is 0 Å². The summed E-state index contributed by atoms with van der Waals surface area (Å²) in [6.45, 7) is 3.96. The Kier molecular flexibility index (Phi) is 3.15. The van der Waals surface area contributed by atoms with Crippen molar-refractivity contribution in [3.63, 3.8) is 0 Å². The van der Waals surface area contributed by atoms with E-state index in [2.05, 4.69) is 47.7 Å². The van der Waals surface area contributed by atoms with E-state index in [1.165, 1.54) is 29.7 Å². The highest BCUT2D eigenvalue weighted by Crippen LogP contribution is 2.30. The van der Waals surface area contributed by atoms with Gasteiger partial charge in [-0.15, -0.1) is 0 Å². The van der Waals surface area contributed by atoms with Gasteiger partial charge in [-0.2, -0.15) is 5.10 Å². The topological polar surface area (TPSA) is 29.9 Å². The van der Waals surface area contributed by atoms with Crippen molar-refractivity contribution >= 4 is 0 Å². The third kappa shape index (κ3) is 2.06. The Balaban J connectivity index is 1.69. The van der Waals surface area contributed by atoms with Crippen LogP contribution in [0.4, 0.5) is 0 Å². The molecule has 0 fully saturated rings. The average molecular weight is 241 g/mol. The number of benzene rings is 1. The Hall–Kier alpha value is -1.61. The molecule has 1 atom stereocenters. The summed E-state index contributed by atoms with van der Waals surface area (Å²) in [5.74, 6) is 0. The van der Waals surface area contributed by atoms with Crippen LogP contribution in [0.2, 0.25) is 0 Å². The first-order chi connectivity index (χ1) is 8.88. The van der Waals surface area contributed by atoms with Gasteiger partial charge in [-0.3, -0.25) is 4.68 Å². The quantitative estimate of drug-likeness (QED) is 0.892. The fourth-order valence-corrected chi connectivity index (χ4v) is 2.79. The third-order valence-corrected chi connectivity index (χ3v) is 3.77. The molecule has 0 amide bonds. The van der Waals surface area contributed by atoms with E-state index in [0.717, 1.165) is 13.1 Å². The number of nitrogens with zero attached hydrogens (tertiary/aromatic N) is 2. The van der Waals surface area contributed by atoms with Gasteiger partial charge in [0.2, 0.25) is 0 Å². The Labute approximate surface area is 108 Å². The lowest BCUT2D eigenvalue weighted by Gasteiger charge is -2.14. The highest BCUT2D eigenvalue weighted by Gasteiger charge is 2.21. The molecule has 18 heavy (non-hydrogen) atoms. The highest BCUT2D eigenvalue weighted by molar-refractivity contribution is 5.34. The number of rotatable bonds is 4. The third-order valence-electron chi connectivity index (χ3n) is 3.77. The van der Waals surface area contributed by atoms with Gasteiger partial charge in [0.05, 0.1) is 5.69 Å². The molecule has 1 aliphatic rings. The smallest absolute Gasteiger partial charge is 0.0522 e. The first kappa shape index (κ1) is 11.5. The number of aryl methyl sites for hydroxylation is 2. The molecule has 2 aromatic rings. The molecule has 0 bridgehead atoms. The van der Waals surface area contributed by atoms with E-state index in [1.54, 1.807) is 0 Å². The second-order valence-electron chi connectivity index (χ2n) is 4.81. The van der Waals surface area contributed by atoms with Crippen molar-refractivity contribution in [1.29, 1.82) is 0 Å². The van der Waals surface area contributed by atoms with E-state index < -0.39 is 0 Å². The fourth-order valence-electron chi connectivity index (χ4n) is 2.79. The van der Waals surface area contributed by atoms with Gasteiger partial charge in [-0.05, 0) is 37.0 Å². The van der Waals surface area contributed by atoms with Crippen molar-refractivity contribution in [2.45, 2.75) is 38.9 Å². The molecule has 0 saturated carbocycles. The summed E-state index contributed by atoms with van der Waals surface area (Å²) in [4.78, 5) is 0. The zero-order chi connectivity index (χ0) is 12.4. The van der Waals surface area contributed by atoms with Crippen LogP contribution < -0.4 is 5.32 Å². The van der Waals surface area contributed by atoms with Gasteiger partial charge < -0.3 is 5.32 Å². The molecule has 3 nitrogen and oxygen atoms in total. The van der Waals surface area contributed by atoms with Crippen LogP contribution in [0, 0.1) is 0 Å². The van der Waals surface area contributed by atoms with Crippen LogP contribution in [0.3, 0.4) is 0 Å². The van der Waals surface area contributed by atoms with Crippen molar-refractivity contribution in [3.05, 3.63) is 53.3 Å². The summed E-state index contributed by atoms with van der Waals surface area (Å²) in [7, 11) is 0. The molecule has 3 rings (SSSR count). The van der Waals surface area contributed by atoms with Gasteiger partial charge in [0.1, 0.15) is 0 Å². The lowest BCUT2D eigenvalue weighted by molar-refractivity contribution is 0.503. The van der Waals surface area contributed by atoms with E-state index in [1.807, 2.05) is 10.9 Å². The Morgan fingerprint density at radius 3 is 3.11 bits per heavy atom. The molecule has 0 spiro atoms.